The zero-order chi connectivity index (χ0) is 16.3. The summed E-state index contributed by atoms with van der Waals surface area (Å²) in [4.78, 5) is 22.2. The Balaban J connectivity index is 2.28. The zero-order valence-corrected chi connectivity index (χ0v) is 15.6. The minimum Gasteiger partial charge on any atom is -0.304 e. The van der Waals surface area contributed by atoms with Crippen molar-refractivity contribution in [2.24, 2.45) is 5.92 Å². The minimum absolute atomic E-state index is 0.0302. The third-order valence-corrected chi connectivity index (χ3v) is 5.82. The van der Waals surface area contributed by atoms with Crippen LogP contribution in [0.2, 0.25) is 0 Å². The molecule has 2 heterocycles. The molecule has 1 atom stereocenters. The van der Waals surface area contributed by atoms with Crippen molar-refractivity contribution in [2.45, 2.75) is 6.92 Å². The molecule has 0 aromatic carbocycles. The number of thiazole rings is 1. The molecule has 0 N–H and O–H groups in total. The summed E-state index contributed by atoms with van der Waals surface area (Å²) in [5.41, 5.74) is 0.593. The van der Waals surface area contributed by atoms with Crippen LogP contribution in [-0.2, 0) is 4.79 Å². The number of pyridine rings is 1. The highest BCUT2D eigenvalue weighted by molar-refractivity contribution is 9.10. The Labute approximate surface area is 145 Å². The fraction of sp³-hybridized carbons (Fsp3) is 0.357. The first-order chi connectivity index (χ1) is 10.4. The van der Waals surface area contributed by atoms with Crippen LogP contribution in [-0.4, -0.2) is 34.9 Å². The second-order valence-electron chi connectivity index (χ2n) is 4.76. The van der Waals surface area contributed by atoms with Crippen molar-refractivity contribution in [2.75, 3.05) is 24.0 Å². The Morgan fingerprint density at radius 2 is 2.27 bits per heavy atom. The van der Waals surface area contributed by atoms with Gasteiger partial charge in [-0.25, -0.2) is 9.37 Å². The van der Waals surface area contributed by atoms with Gasteiger partial charge in [-0.3, -0.25) is 9.78 Å². The van der Waals surface area contributed by atoms with E-state index in [1.807, 2.05) is 13.2 Å². The molecule has 0 aliphatic carbocycles. The lowest BCUT2D eigenvalue weighted by Gasteiger charge is -2.19. The summed E-state index contributed by atoms with van der Waals surface area (Å²) in [6.07, 6.45) is 4.67. The molecular weight excluding hydrogens is 389 g/mol. The number of anilines is 1. The lowest BCUT2D eigenvalue weighted by atomic mass is 10.2. The number of carbonyl (C=O) groups excluding carboxylic acids is 1. The summed E-state index contributed by atoms with van der Waals surface area (Å²) >= 11 is 6.34. The van der Waals surface area contributed by atoms with Crippen LogP contribution in [0.5, 0.6) is 0 Å². The van der Waals surface area contributed by atoms with Gasteiger partial charge in [0.1, 0.15) is 20.4 Å². The Hall–Kier alpha value is -0.990. The number of thioether (sulfide) groups is 1. The second-order valence-corrected chi connectivity index (χ2v) is 7.40. The first-order valence-corrected chi connectivity index (χ1v) is 9.48. The van der Waals surface area contributed by atoms with Crippen LogP contribution in [0.4, 0.5) is 9.39 Å². The highest BCUT2D eigenvalue weighted by Crippen LogP contribution is 2.37. The van der Waals surface area contributed by atoms with Crippen molar-refractivity contribution < 1.29 is 9.18 Å². The van der Waals surface area contributed by atoms with E-state index < -0.39 is 5.82 Å². The summed E-state index contributed by atoms with van der Waals surface area (Å²) in [6, 6.07) is 1.38. The summed E-state index contributed by atoms with van der Waals surface area (Å²) in [7, 11) is 1.73. The quantitative estimate of drug-likeness (QED) is 0.754. The number of rotatable bonds is 5. The van der Waals surface area contributed by atoms with Gasteiger partial charge in [-0.15, -0.1) is 0 Å². The summed E-state index contributed by atoms with van der Waals surface area (Å²) in [5, 5.41) is 1.32. The van der Waals surface area contributed by atoms with E-state index in [1.165, 1.54) is 17.4 Å². The fourth-order valence-electron chi connectivity index (χ4n) is 1.90. The number of hydrogen-bond acceptors (Lipinski definition) is 5. The second kappa shape index (κ2) is 7.52. The van der Waals surface area contributed by atoms with Crippen molar-refractivity contribution in [3.63, 3.8) is 0 Å². The molecule has 0 saturated heterocycles. The first-order valence-electron chi connectivity index (χ1n) is 6.47. The monoisotopic (exact) mass is 403 g/mol. The molecule has 0 bridgehead atoms. The van der Waals surface area contributed by atoms with E-state index in [-0.39, 0.29) is 11.8 Å². The molecule has 0 radical (unpaired) electrons. The van der Waals surface area contributed by atoms with E-state index >= 15 is 0 Å². The SMILES string of the molecule is CSCC(C)C(=O)N(C)c1sc(-c2cncc(F)c2)nc1Br. The van der Waals surface area contributed by atoms with Crippen LogP contribution in [0, 0.1) is 11.7 Å². The maximum atomic E-state index is 13.3. The van der Waals surface area contributed by atoms with Crippen molar-refractivity contribution in [1.82, 2.24) is 9.97 Å². The lowest BCUT2D eigenvalue weighted by molar-refractivity contribution is -0.120. The Bertz CT molecular complexity index is 680. The average molecular weight is 404 g/mol. The van der Waals surface area contributed by atoms with Gasteiger partial charge >= 0.3 is 0 Å². The molecule has 8 heteroatoms. The molecule has 2 aromatic heterocycles. The average Bonchev–Trinajstić information content (AvgIpc) is 2.88. The van der Waals surface area contributed by atoms with Gasteiger partial charge in [0, 0.05) is 30.5 Å². The van der Waals surface area contributed by atoms with Crippen LogP contribution in [0.1, 0.15) is 6.92 Å². The normalized spacial score (nSPS) is 12.2. The van der Waals surface area contributed by atoms with Crippen LogP contribution in [0.15, 0.2) is 23.1 Å². The Kier molecular flexibility index (Phi) is 5.94. The van der Waals surface area contributed by atoms with Gasteiger partial charge in [0.25, 0.3) is 0 Å². The number of hydrogen-bond donors (Lipinski definition) is 0. The highest BCUT2D eigenvalue weighted by atomic mass is 79.9. The molecule has 0 aliphatic rings. The summed E-state index contributed by atoms with van der Waals surface area (Å²) in [6.45, 7) is 1.90. The van der Waals surface area contributed by atoms with E-state index in [0.717, 1.165) is 11.9 Å². The van der Waals surface area contributed by atoms with Crippen LogP contribution < -0.4 is 4.90 Å². The van der Waals surface area contributed by atoms with Gasteiger partial charge < -0.3 is 4.90 Å². The molecule has 2 aromatic rings. The van der Waals surface area contributed by atoms with Crippen LogP contribution in [0.3, 0.4) is 0 Å². The van der Waals surface area contributed by atoms with Crippen molar-refractivity contribution in [1.29, 1.82) is 0 Å². The minimum atomic E-state index is -0.414. The highest BCUT2D eigenvalue weighted by Gasteiger charge is 2.23. The standard InChI is InChI=1S/C14H15BrFN3OS2/c1-8(7-21-3)13(20)19(2)14-11(15)18-12(22-14)9-4-10(16)6-17-5-9/h4-6,8H,7H2,1-3H3. The molecule has 22 heavy (non-hydrogen) atoms. The molecule has 0 aliphatic heterocycles. The Morgan fingerprint density at radius 3 is 2.91 bits per heavy atom. The predicted molar refractivity (Wildman–Crippen MR) is 94.0 cm³/mol. The van der Waals surface area contributed by atoms with Gasteiger partial charge in [0.2, 0.25) is 5.91 Å². The molecule has 118 valence electrons. The van der Waals surface area contributed by atoms with E-state index in [2.05, 4.69) is 25.9 Å². The third kappa shape index (κ3) is 3.85. The molecule has 0 saturated carbocycles. The number of nitrogens with zero attached hydrogens (tertiary/aromatic N) is 3. The van der Waals surface area contributed by atoms with Crippen molar-refractivity contribution in [3.8, 4) is 10.6 Å². The topological polar surface area (TPSA) is 46.1 Å². The number of amides is 1. The molecule has 0 fully saturated rings. The fourth-order valence-corrected chi connectivity index (χ4v) is 4.26. The summed E-state index contributed by atoms with van der Waals surface area (Å²) in [5.74, 6) is 0.305. The molecule has 0 spiro atoms. The maximum Gasteiger partial charge on any atom is 0.231 e. The maximum absolute atomic E-state index is 13.3. The molecular formula is C14H15BrFN3OS2. The predicted octanol–water partition coefficient (Wildman–Crippen LogP) is 4.07. The number of aromatic nitrogens is 2. The number of halogens is 2. The molecule has 1 amide bonds. The van der Waals surface area contributed by atoms with Gasteiger partial charge in [-0.1, -0.05) is 18.3 Å². The first kappa shape index (κ1) is 17.4. The van der Waals surface area contributed by atoms with Gasteiger partial charge in [-0.2, -0.15) is 11.8 Å². The molecule has 2 rings (SSSR count). The van der Waals surface area contributed by atoms with Gasteiger partial charge in [-0.05, 0) is 28.3 Å². The zero-order valence-electron chi connectivity index (χ0n) is 12.3. The smallest absolute Gasteiger partial charge is 0.231 e. The van der Waals surface area contributed by atoms with Crippen LogP contribution in [0.25, 0.3) is 10.6 Å². The lowest BCUT2D eigenvalue weighted by Crippen LogP contribution is -2.32. The third-order valence-electron chi connectivity index (χ3n) is 2.99. The van der Waals surface area contributed by atoms with E-state index in [0.29, 0.717) is 20.2 Å². The summed E-state index contributed by atoms with van der Waals surface area (Å²) < 4.78 is 13.8. The Morgan fingerprint density at radius 1 is 1.55 bits per heavy atom. The van der Waals surface area contributed by atoms with Gasteiger partial charge in [0.05, 0.1) is 6.20 Å². The molecule has 1 unspecified atom stereocenters. The van der Waals surface area contributed by atoms with Gasteiger partial charge in [0.15, 0.2) is 0 Å². The van der Waals surface area contributed by atoms with E-state index in [9.17, 15) is 9.18 Å². The van der Waals surface area contributed by atoms with Crippen LogP contribution >= 0.6 is 39.0 Å². The van der Waals surface area contributed by atoms with E-state index in [1.54, 1.807) is 29.9 Å². The molecule has 4 nitrogen and oxygen atoms in total. The largest absolute Gasteiger partial charge is 0.304 e. The number of carbonyl (C=O) groups is 1. The van der Waals surface area contributed by atoms with Crippen molar-refractivity contribution >= 4 is 49.9 Å². The van der Waals surface area contributed by atoms with E-state index in [4.69, 9.17) is 0 Å². The van der Waals surface area contributed by atoms with Crippen molar-refractivity contribution in [3.05, 3.63) is 28.9 Å².